The quantitative estimate of drug-likeness (QED) is 0.791. The monoisotopic (exact) mass is 298 g/mol. The molecule has 0 saturated carbocycles. The molecule has 0 aliphatic carbocycles. The minimum atomic E-state index is -3.66. The summed E-state index contributed by atoms with van der Waals surface area (Å²) >= 11 is 0. The van der Waals surface area contributed by atoms with E-state index >= 15 is 0 Å². The van der Waals surface area contributed by atoms with Crippen LogP contribution in [0.1, 0.15) is 23.7 Å². The van der Waals surface area contributed by atoms with Crippen molar-refractivity contribution in [1.29, 1.82) is 0 Å². The van der Waals surface area contributed by atoms with Gasteiger partial charge >= 0.3 is 5.97 Å². The molecule has 2 N–H and O–H groups in total. The van der Waals surface area contributed by atoms with Crippen LogP contribution < -0.4 is 10.0 Å². The molecular weight excluding hydrogens is 280 g/mol. The molecule has 7 heteroatoms. The largest absolute Gasteiger partial charge is 0.465 e. The Morgan fingerprint density at radius 1 is 1.45 bits per heavy atom. The number of nitrogens with one attached hydrogen (secondary N) is 2. The summed E-state index contributed by atoms with van der Waals surface area (Å²) in [7, 11) is -2.41. The standard InChI is InChI=1S/C13H18N2O4S/c1-13(6-7-14-9-13)15-20(17,18)11-5-3-4-10(8-11)12(16)19-2/h3-5,8,14-15H,6-7,9H2,1-2H3. The van der Waals surface area contributed by atoms with Gasteiger partial charge in [0, 0.05) is 12.1 Å². The van der Waals surface area contributed by atoms with Crippen LogP contribution in [0.25, 0.3) is 0 Å². The van der Waals surface area contributed by atoms with Crippen molar-refractivity contribution in [2.75, 3.05) is 20.2 Å². The van der Waals surface area contributed by atoms with Crippen molar-refractivity contribution in [3.63, 3.8) is 0 Å². The van der Waals surface area contributed by atoms with Gasteiger partial charge in [-0.05, 0) is 38.1 Å². The second-order valence-electron chi connectivity index (χ2n) is 5.11. The average Bonchev–Trinajstić information content (AvgIpc) is 2.83. The zero-order chi connectivity index (χ0) is 14.8. The molecule has 0 radical (unpaired) electrons. The van der Waals surface area contributed by atoms with Gasteiger partial charge in [0.2, 0.25) is 10.0 Å². The summed E-state index contributed by atoms with van der Waals surface area (Å²) in [5.74, 6) is -0.559. The first kappa shape index (κ1) is 15.0. The average molecular weight is 298 g/mol. The fourth-order valence-corrected chi connectivity index (χ4v) is 3.68. The first-order chi connectivity index (χ1) is 9.36. The van der Waals surface area contributed by atoms with Crippen LogP contribution in [0.4, 0.5) is 0 Å². The number of hydrogen-bond acceptors (Lipinski definition) is 5. The van der Waals surface area contributed by atoms with Gasteiger partial charge in [0.05, 0.1) is 17.6 Å². The number of esters is 1. The van der Waals surface area contributed by atoms with Crippen LogP contribution in [0.2, 0.25) is 0 Å². The van der Waals surface area contributed by atoms with Gasteiger partial charge in [0.1, 0.15) is 0 Å². The van der Waals surface area contributed by atoms with E-state index in [9.17, 15) is 13.2 Å². The molecule has 1 aliphatic heterocycles. The van der Waals surface area contributed by atoms with Crippen LogP contribution in [0.3, 0.4) is 0 Å². The maximum atomic E-state index is 12.4. The smallest absolute Gasteiger partial charge is 0.337 e. The second kappa shape index (κ2) is 5.51. The van der Waals surface area contributed by atoms with Crippen LogP contribution >= 0.6 is 0 Å². The minimum absolute atomic E-state index is 0.0634. The second-order valence-corrected chi connectivity index (χ2v) is 6.79. The van der Waals surface area contributed by atoms with E-state index in [1.165, 1.54) is 31.4 Å². The minimum Gasteiger partial charge on any atom is -0.465 e. The topological polar surface area (TPSA) is 84.5 Å². The molecule has 0 bridgehead atoms. The molecule has 0 aromatic heterocycles. The first-order valence-electron chi connectivity index (χ1n) is 6.29. The lowest BCUT2D eigenvalue weighted by atomic mass is 10.0. The van der Waals surface area contributed by atoms with Crippen LogP contribution in [0, 0.1) is 0 Å². The van der Waals surface area contributed by atoms with E-state index in [0.29, 0.717) is 6.54 Å². The van der Waals surface area contributed by atoms with E-state index in [4.69, 9.17) is 0 Å². The molecule has 6 nitrogen and oxygen atoms in total. The molecule has 1 unspecified atom stereocenters. The number of carbonyl (C=O) groups is 1. The van der Waals surface area contributed by atoms with Gasteiger partial charge in [0.25, 0.3) is 0 Å². The van der Waals surface area contributed by atoms with Crippen LogP contribution in [0.15, 0.2) is 29.2 Å². The van der Waals surface area contributed by atoms with E-state index in [1.54, 1.807) is 0 Å². The van der Waals surface area contributed by atoms with E-state index in [0.717, 1.165) is 13.0 Å². The summed E-state index contributed by atoms with van der Waals surface area (Å²) in [6.45, 7) is 3.22. The predicted octanol–water partition coefficient (Wildman–Crippen LogP) is 0.504. The highest BCUT2D eigenvalue weighted by atomic mass is 32.2. The first-order valence-corrected chi connectivity index (χ1v) is 7.78. The zero-order valence-corrected chi connectivity index (χ0v) is 12.3. The number of hydrogen-bond donors (Lipinski definition) is 2. The Labute approximate surface area is 118 Å². The molecule has 1 heterocycles. The Morgan fingerprint density at radius 2 is 2.20 bits per heavy atom. The zero-order valence-electron chi connectivity index (χ0n) is 11.5. The fraction of sp³-hybridized carbons (Fsp3) is 0.462. The number of ether oxygens (including phenoxy) is 1. The maximum Gasteiger partial charge on any atom is 0.337 e. The number of sulfonamides is 1. The number of methoxy groups -OCH3 is 1. The van der Waals surface area contributed by atoms with Crippen molar-refractivity contribution in [3.05, 3.63) is 29.8 Å². The molecule has 1 aromatic rings. The maximum absolute atomic E-state index is 12.4. The lowest BCUT2D eigenvalue weighted by molar-refractivity contribution is 0.0600. The Morgan fingerprint density at radius 3 is 2.80 bits per heavy atom. The molecule has 1 saturated heterocycles. The summed E-state index contributed by atoms with van der Waals surface area (Å²) in [6.07, 6.45) is 0.725. The summed E-state index contributed by atoms with van der Waals surface area (Å²) in [4.78, 5) is 11.5. The summed E-state index contributed by atoms with van der Waals surface area (Å²) in [6, 6.07) is 5.82. The number of carbonyl (C=O) groups excluding carboxylic acids is 1. The molecule has 1 aliphatic rings. The molecule has 20 heavy (non-hydrogen) atoms. The van der Waals surface area contributed by atoms with Gasteiger partial charge in [-0.25, -0.2) is 17.9 Å². The highest BCUT2D eigenvalue weighted by molar-refractivity contribution is 7.89. The number of benzene rings is 1. The van der Waals surface area contributed by atoms with Gasteiger partial charge < -0.3 is 10.1 Å². The molecule has 110 valence electrons. The summed E-state index contributed by atoms with van der Waals surface area (Å²) in [5.41, 5.74) is -0.287. The van der Waals surface area contributed by atoms with Gasteiger partial charge in [-0.2, -0.15) is 0 Å². The van der Waals surface area contributed by atoms with E-state index in [2.05, 4.69) is 14.8 Å². The Kier molecular flexibility index (Phi) is 4.12. The van der Waals surface area contributed by atoms with E-state index in [-0.39, 0.29) is 10.5 Å². The third-order valence-corrected chi connectivity index (χ3v) is 4.95. The molecule has 0 amide bonds. The van der Waals surface area contributed by atoms with Crippen molar-refractivity contribution >= 4 is 16.0 Å². The van der Waals surface area contributed by atoms with E-state index < -0.39 is 21.5 Å². The molecule has 0 spiro atoms. The molecule has 1 fully saturated rings. The Hall–Kier alpha value is -1.44. The van der Waals surface area contributed by atoms with Crippen LogP contribution in [-0.4, -0.2) is 40.1 Å². The fourth-order valence-electron chi connectivity index (χ4n) is 2.20. The Bertz CT molecular complexity index is 607. The highest BCUT2D eigenvalue weighted by Gasteiger charge is 2.33. The Balaban J connectivity index is 2.27. The van der Waals surface area contributed by atoms with Crippen molar-refractivity contribution < 1.29 is 17.9 Å². The molecule has 2 rings (SSSR count). The van der Waals surface area contributed by atoms with Crippen molar-refractivity contribution in [2.45, 2.75) is 23.8 Å². The van der Waals surface area contributed by atoms with Gasteiger partial charge in [-0.1, -0.05) is 6.07 Å². The third kappa shape index (κ3) is 3.17. The SMILES string of the molecule is COC(=O)c1cccc(S(=O)(=O)NC2(C)CCNC2)c1. The summed E-state index contributed by atoms with van der Waals surface area (Å²) < 4.78 is 32.0. The van der Waals surface area contributed by atoms with Crippen molar-refractivity contribution in [2.24, 2.45) is 0 Å². The molecular formula is C13H18N2O4S. The molecule has 1 aromatic carbocycles. The van der Waals surface area contributed by atoms with Gasteiger partial charge in [0.15, 0.2) is 0 Å². The lowest BCUT2D eigenvalue weighted by Gasteiger charge is -2.24. The molecule has 1 atom stereocenters. The highest BCUT2D eigenvalue weighted by Crippen LogP contribution is 2.19. The summed E-state index contributed by atoms with van der Waals surface area (Å²) in [5, 5.41) is 3.12. The van der Waals surface area contributed by atoms with Gasteiger partial charge in [-0.3, -0.25) is 0 Å². The van der Waals surface area contributed by atoms with Gasteiger partial charge in [-0.15, -0.1) is 0 Å². The number of rotatable bonds is 4. The van der Waals surface area contributed by atoms with Crippen molar-refractivity contribution in [1.82, 2.24) is 10.0 Å². The van der Waals surface area contributed by atoms with Crippen LogP contribution in [0.5, 0.6) is 0 Å². The lowest BCUT2D eigenvalue weighted by Crippen LogP contribution is -2.47. The third-order valence-electron chi connectivity index (χ3n) is 3.31. The van der Waals surface area contributed by atoms with E-state index in [1.807, 2.05) is 6.92 Å². The van der Waals surface area contributed by atoms with Crippen LogP contribution in [-0.2, 0) is 14.8 Å². The normalized spacial score (nSPS) is 22.7. The van der Waals surface area contributed by atoms with Crippen molar-refractivity contribution in [3.8, 4) is 0 Å². The predicted molar refractivity (Wildman–Crippen MR) is 74.0 cm³/mol.